The summed E-state index contributed by atoms with van der Waals surface area (Å²) in [6.07, 6.45) is 0. The highest BCUT2D eigenvalue weighted by atomic mass is 35.5. The van der Waals surface area contributed by atoms with Crippen molar-refractivity contribution in [3.8, 4) is 23.0 Å². The van der Waals surface area contributed by atoms with Gasteiger partial charge in [0, 0.05) is 28.3 Å². The Balaban J connectivity index is 1.86. The van der Waals surface area contributed by atoms with Gasteiger partial charge in [-0.2, -0.15) is 0 Å². The molecule has 0 spiro atoms. The van der Waals surface area contributed by atoms with Gasteiger partial charge in [0.2, 0.25) is 0 Å². The Morgan fingerprint density at radius 2 is 1.07 bits per heavy atom. The van der Waals surface area contributed by atoms with Gasteiger partial charge in [0.25, 0.3) is 0 Å². The summed E-state index contributed by atoms with van der Waals surface area (Å²) in [6.45, 7) is 0. The van der Waals surface area contributed by atoms with Crippen molar-refractivity contribution in [3.05, 3.63) is 118 Å². The van der Waals surface area contributed by atoms with Crippen molar-refractivity contribution < 1.29 is 9.47 Å². The SMILES string of the molecule is Clc1cc2c3c(c1)Oc1ccccc1C3(c1ccccc1)c1ccccc1O2. The molecule has 134 valence electrons. The number of hydrogen-bond donors (Lipinski definition) is 0. The molecule has 2 aliphatic rings. The lowest BCUT2D eigenvalue weighted by molar-refractivity contribution is 0.385. The summed E-state index contributed by atoms with van der Waals surface area (Å²) < 4.78 is 12.6. The zero-order valence-electron chi connectivity index (χ0n) is 14.9. The topological polar surface area (TPSA) is 18.5 Å². The number of ether oxygens (including phenoxy) is 2. The Morgan fingerprint density at radius 3 is 1.64 bits per heavy atom. The van der Waals surface area contributed by atoms with Crippen molar-refractivity contribution in [2.75, 3.05) is 0 Å². The molecule has 0 aromatic heterocycles. The zero-order valence-corrected chi connectivity index (χ0v) is 15.6. The molecule has 0 saturated carbocycles. The van der Waals surface area contributed by atoms with Crippen molar-refractivity contribution >= 4 is 11.6 Å². The van der Waals surface area contributed by atoms with Crippen molar-refractivity contribution in [1.29, 1.82) is 0 Å². The molecule has 0 atom stereocenters. The van der Waals surface area contributed by atoms with Crippen molar-refractivity contribution in [2.24, 2.45) is 0 Å². The van der Waals surface area contributed by atoms with Crippen LogP contribution in [0.5, 0.6) is 23.0 Å². The van der Waals surface area contributed by atoms with Gasteiger partial charge < -0.3 is 9.47 Å². The molecule has 2 nitrogen and oxygen atoms in total. The van der Waals surface area contributed by atoms with Crippen LogP contribution in [0.25, 0.3) is 0 Å². The molecular formula is C25H15ClO2. The fourth-order valence-corrected chi connectivity index (χ4v) is 4.81. The highest BCUT2D eigenvalue weighted by Crippen LogP contribution is 2.62. The zero-order chi connectivity index (χ0) is 18.7. The summed E-state index contributed by atoms with van der Waals surface area (Å²) in [4.78, 5) is 0. The molecule has 0 radical (unpaired) electrons. The van der Waals surface area contributed by atoms with E-state index in [9.17, 15) is 0 Å². The van der Waals surface area contributed by atoms with E-state index in [0.717, 1.165) is 39.7 Å². The van der Waals surface area contributed by atoms with Crippen LogP contribution in [0.4, 0.5) is 0 Å². The molecule has 2 heterocycles. The van der Waals surface area contributed by atoms with Gasteiger partial charge >= 0.3 is 0 Å². The molecule has 0 N–H and O–H groups in total. The number of halogens is 1. The molecule has 4 aromatic rings. The molecule has 0 aliphatic carbocycles. The third-order valence-corrected chi connectivity index (χ3v) is 5.85. The monoisotopic (exact) mass is 382 g/mol. The number of para-hydroxylation sites is 2. The Bertz CT molecular complexity index is 1160. The van der Waals surface area contributed by atoms with Crippen molar-refractivity contribution in [3.63, 3.8) is 0 Å². The second-order valence-electron chi connectivity index (χ2n) is 7.09. The van der Waals surface area contributed by atoms with E-state index in [4.69, 9.17) is 21.1 Å². The fraction of sp³-hybridized carbons (Fsp3) is 0.0400. The van der Waals surface area contributed by atoms with Gasteiger partial charge in [-0.1, -0.05) is 78.3 Å². The van der Waals surface area contributed by atoms with Crippen LogP contribution in [0.3, 0.4) is 0 Å². The van der Waals surface area contributed by atoms with Gasteiger partial charge in [0.15, 0.2) is 0 Å². The maximum absolute atomic E-state index is 6.42. The van der Waals surface area contributed by atoms with E-state index in [1.165, 1.54) is 5.56 Å². The van der Waals surface area contributed by atoms with Gasteiger partial charge in [-0.3, -0.25) is 0 Å². The molecule has 0 bridgehead atoms. The molecule has 28 heavy (non-hydrogen) atoms. The number of hydrogen-bond acceptors (Lipinski definition) is 2. The lowest BCUT2D eigenvalue weighted by Gasteiger charge is -2.45. The Morgan fingerprint density at radius 1 is 0.571 bits per heavy atom. The molecule has 0 fully saturated rings. The Hall–Kier alpha value is -3.23. The minimum Gasteiger partial charge on any atom is -0.456 e. The van der Waals surface area contributed by atoms with Gasteiger partial charge in [-0.15, -0.1) is 0 Å². The Kier molecular flexibility index (Phi) is 3.18. The van der Waals surface area contributed by atoms with Crippen molar-refractivity contribution in [2.45, 2.75) is 5.41 Å². The first kappa shape index (κ1) is 15.8. The van der Waals surface area contributed by atoms with E-state index in [2.05, 4.69) is 48.5 Å². The van der Waals surface area contributed by atoms with Crippen LogP contribution in [0.15, 0.2) is 91.0 Å². The first-order valence-corrected chi connectivity index (χ1v) is 9.60. The predicted molar refractivity (Wildman–Crippen MR) is 110 cm³/mol. The summed E-state index contributed by atoms with van der Waals surface area (Å²) in [6, 6.07) is 30.7. The van der Waals surface area contributed by atoms with Crippen LogP contribution >= 0.6 is 11.6 Å². The van der Waals surface area contributed by atoms with Crippen LogP contribution in [0.1, 0.15) is 22.3 Å². The summed E-state index contributed by atoms with van der Waals surface area (Å²) in [5, 5.41) is 0.592. The standard InChI is InChI=1S/C25H15ClO2/c26-17-14-22-24-23(15-17)28-21-13-7-5-11-19(21)25(24,16-8-2-1-3-9-16)18-10-4-6-12-20(18)27-22/h1-15H. The van der Waals surface area contributed by atoms with Gasteiger partial charge in [-0.25, -0.2) is 0 Å². The number of rotatable bonds is 1. The van der Waals surface area contributed by atoms with Crippen LogP contribution in [0.2, 0.25) is 5.02 Å². The molecule has 6 rings (SSSR count). The first-order chi connectivity index (χ1) is 13.8. The lowest BCUT2D eigenvalue weighted by Crippen LogP contribution is -2.36. The van der Waals surface area contributed by atoms with Crippen molar-refractivity contribution in [1.82, 2.24) is 0 Å². The molecule has 0 amide bonds. The molecule has 4 aromatic carbocycles. The van der Waals surface area contributed by atoms with Crippen LogP contribution < -0.4 is 9.47 Å². The van der Waals surface area contributed by atoms with Gasteiger partial charge in [0.05, 0.1) is 11.0 Å². The number of benzene rings is 4. The lowest BCUT2D eigenvalue weighted by atomic mass is 9.62. The fourth-order valence-electron chi connectivity index (χ4n) is 4.61. The number of fused-ring (bicyclic) bond motifs is 4. The van der Waals surface area contributed by atoms with Crippen LogP contribution in [-0.4, -0.2) is 0 Å². The predicted octanol–water partition coefficient (Wildman–Crippen LogP) is 6.93. The molecule has 2 aliphatic heterocycles. The minimum atomic E-state index is -0.528. The average molecular weight is 383 g/mol. The third kappa shape index (κ3) is 1.93. The summed E-state index contributed by atoms with van der Waals surface area (Å²) >= 11 is 6.42. The van der Waals surface area contributed by atoms with E-state index >= 15 is 0 Å². The normalized spacial score (nSPS) is 14.8. The smallest absolute Gasteiger partial charge is 0.137 e. The quantitative estimate of drug-likeness (QED) is 0.307. The highest BCUT2D eigenvalue weighted by molar-refractivity contribution is 6.31. The summed E-state index contributed by atoms with van der Waals surface area (Å²) in [7, 11) is 0. The molecule has 0 unspecified atom stereocenters. The maximum atomic E-state index is 6.42. The summed E-state index contributed by atoms with van der Waals surface area (Å²) in [5.74, 6) is 3.15. The minimum absolute atomic E-state index is 0.528. The second kappa shape index (κ2) is 5.63. The summed E-state index contributed by atoms with van der Waals surface area (Å²) in [5.41, 5.74) is 3.85. The molecule has 3 heteroatoms. The molecular weight excluding hydrogens is 368 g/mol. The van der Waals surface area contributed by atoms with Gasteiger partial charge in [-0.05, 0) is 17.7 Å². The molecule has 0 saturated heterocycles. The van der Waals surface area contributed by atoms with Gasteiger partial charge in [0.1, 0.15) is 23.0 Å². The van der Waals surface area contributed by atoms with Crippen LogP contribution in [-0.2, 0) is 5.41 Å². The maximum Gasteiger partial charge on any atom is 0.137 e. The van der Waals surface area contributed by atoms with E-state index < -0.39 is 5.41 Å². The van der Waals surface area contributed by atoms with E-state index in [0.29, 0.717) is 5.02 Å². The van der Waals surface area contributed by atoms with E-state index in [-0.39, 0.29) is 0 Å². The van der Waals surface area contributed by atoms with E-state index in [1.807, 2.05) is 42.5 Å². The third-order valence-electron chi connectivity index (χ3n) is 5.63. The average Bonchev–Trinajstić information content (AvgIpc) is 2.73. The second-order valence-corrected chi connectivity index (χ2v) is 7.53. The Labute approximate surface area is 167 Å². The van der Waals surface area contributed by atoms with Crippen LogP contribution in [0, 0.1) is 0 Å². The largest absolute Gasteiger partial charge is 0.456 e. The highest BCUT2D eigenvalue weighted by Gasteiger charge is 2.51. The first-order valence-electron chi connectivity index (χ1n) is 9.23. The van der Waals surface area contributed by atoms with E-state index in [1.54, 1.807) is 0 Å².